The second kappa shape index (κ2) is 7.64. The van der Waals surface area contributed by atoms with Crippen LogP contribution in [0, 0.1) is 0 Å². The zero-order chi connectivity index (χ0) is 15.9. The molecule has 2 aromatic rings. The largest absolute Gasteiger partial charge is 0.493 e. The Hall–Kier alpha value is -2.29. The number of nitrogens with zero attached hydrogens (tertiary/aromatic N) is 1. The summed E-state index contributed by atoms with van der Waals surface area (Å²) in [5, 5.41) is 0. The standard InChI is InChI=1S/C19H23NO2/c1-4-15-10-12-16(13-11-15)14-20(3)19(21)17-8-6-7-9-18(17)22-5-2/h6-13H,4-5,14H2,1-3H3. The van der Waals surface area contributed by atoms with Crippen LogP contribution in [-0.2, 0) is 13.0 Å². The van der Waals surface area contributed by atoms with Crippen LogP contribution in [0.3, 0.4) is 0 Å². The molecule has 0 saturated carbocycles. The summed E-state index contributed by atoms with van der Waals surface area (Å²) >= 11 is 0. The summed E-state index contributed by atoms with van der Waals surface area (Å²) in [6, 6.07) is 15.8. The van der Waals surface area contributed by atoms with Crippen molar-refractivity contribution in [3.63, 3.8) is 0 Å². The van der Waals surface area contributed by atoms with Crippen molar-refractivity contribution in [2.75, 3.05) is 13.7 Å². The highest BCUT2D eigenvalue weighted by molar-refractivity contribution is 5.96. The number of hydrogen-bond acceptors (Lipinski definition) is 2. The number of benzene rings is 2. The van der Waals surface area contributed by atoms with Crippen molar-refractivity contribution < 1.29 is 9.53 Å². The van der Waals surface area contributed by atoms with E-state index in [2.05, 4.69) is 31.2 Å². The Morgan fingerprint density at radius 2 is 1.64 bits per heavy atom. The zero-order valence-electron chi connectivity index (χ0n) is 13.5. The SMILES string of the molecule is CCOc1ccccc1C(=O)N(C)Cc1ccc(CC)cc1. The summed E-state index contributed by atoms with van der Waals surface area (Å²) in [6.45, 7) is 5.19. The molecule has 116 valence electrons. The molecular weight excluding hydrogens is 274 g/mol. The van der Waals surface area contributed by atoms with Crippen LogP contribution in [0.2, 0.25) is 0 Å². The summed E-state index contributed by atoms with van der Waals surface area (Å²) in [6.07, 6.45) is 1.02. The molecule has 0 atom stereocenters. The summed E-state index contributed by atoms with van der Waals surface area (Å²) in [5.41, 5.74) is 3.04. The molecule has 0 N–H and O–H groups in total. The average molecular weight is 297 g/mol. The lowest BCUT2D eigenvalue weighted by atomic mass is 10.1. The molecule has 3 heteroatoms. The number of amides is 1. The summed E-state index contributed by atoms with van der Waals surface area (Å²) in [5.74, 6) is 0.617. The van der Waals surface area contributed by atoms with Crippen molar-refractivity contribution in [3.05, 3.63) is 65.2 Å². The Labute approximate surface area is 132 Å². The second-order valence-corrected chi connectivity index (χ2v) is 5.26. The minimum Gasteiger partial charge on any atom is -0.493 e. The highest BCUT2D eigenvalue weighted by Crippen LogP contribution is 2.20. The van der Waals surface area contributed by atoms with Crippen LogP contribution in [0.15, 0.2) is 48.5 Å². The molecular formula is C19H23NO2. The minimum absolute atomic E-state index is 0.0244. The van der Waals surface area contributed by atoms with Crippen LogP contribution < -0.4 is 4.74 Å². The molecule has 2 rings (SSSR count). The molecule has 0 bridgehead atoms. The van der Waals surface area contributed by atoms with E-state index < -0.39 is 0 Å². The van der Waals surface area contributed by atoms with Gasteiger partial charge in [0.1, 0.15) is 5.75 Å². The van der Waals surface area contributed by atoms with Crippen molar-refractivity contribution in [1.82, 2.24) is 4.90 Å². The Morgan fingerprint density at radius 3 is 2.27 bits per heavy atom. The maximum Gasteiger partial charge on any atom is 0.257 e. The van der Waals surface area contributed by atoms with Gasteiger partial charge in [-0.25, -0.2) is 0 Å². The van der Waals surface area contributed by atoms with Crippen LogP contribution in [0.25, 0.3) is 0 Å². The molecule has 0 aliphatic rings. The number of carbonyl (C=O) groups excluding carboxylic acids is 1. The molecule has 0 radical (unpaired) electrons. The predicted octanol–water partition coefficient (Wildman–Crippen LogP) is 3.92. The number of ether oxygens (including phenoxy) is 1. The van der Waals surface area contributed by atoms with Crippen molar-refractivity contribution in [2.45, 2.75) is 26.8 Å². The summed E-state index contributed by atoms with van der Waals surface area (Å²) in [4.78, 5) is 14.3. The van der Waals surface area contributed by atoms with E-state index in [1.54, 1.807) is 4.90 Å². The van der Waals surface area contributed by atoms with E-state index in [9.17, 15) is 4.79 Å². The smallest absolute Gasteiger partial charge is 0.257 e. The van der Waals surface area contributed by atoms with Gasteiger partial charge in [0, 0.05) is 13.6 Å². The number of hydrogen-bond donors (Lipinski definition) is 0. The lowest BCUT2D eigenvalue weighted by molar-refractivity contribution is 0.0781. The van der Waals surface area contributed by atoms with E-state index in [0.717, 1.165) is 12.0 Å². The van der Waals surface area contributed by atoms with Gasteiger partial charge in [0.2, 0.25) is 0 Å². The minimum atomic E-state index is -0.0244. The first-order valence-electron chi connectivity index (χ1n) is 7.70. The zero-order valence-corrected chi connectivity index (χ0v) is 13.5. The maximum absolute atomic E-state index is 12.6. The molecule has 0 heterocycles. The predicted molar refractivity (Wildman–Crippen MR) is 89.2 cm³/mol. The van der Waals surface area contributed by atoms with Gasteiger partial charge in [0.15, 0.2) is 0 Å². The molecule has 0 saturated heterocycles. The highest BCUT2D eigenvalue weighted by atomic mass is 16.5. The molecule has 0 fully saturated rings. The Kier molecular flexibility index (Phi) is 5.59. The van der Waals surface area contributed by atoms with E-state index in [1.165, 1.54) is 5.56 Å². The molecule has 0 spiro atoms. The normalized spacial score (nSPS) is 10.3. The topological polar surface area (TPSA) is 29.5 Å². The fraction of sp³-hybridized carbons (Fsp3) is 0.316. The third kappa shape index (κ3) is 3.88. The van der Waals surface area contributed by atoms with E-state index in [0.29, 0.717) is 24.5 Å². The van der Waals surface area contributed by atoms with Crippen LogP contribution in [0.1, 0.15) is 35.3 Å². The third-order valence-electron chi connectivity index (χ3n) is 3.61. The van der Waals surface area contributed by atoms with Crippen LogP contribution in [0.4, 0.5) is 0 Å². The number of para-hydroxylation sites is 1. The van der Waals surface area contributed by atoms with Crippen LogP contribution in [0.5, 0.6) is 5.75 Å². The first kappa shape index (κ1) is 16.1. The average Bonchev–Trinajstić information content (AvgIpc) is 2.55. The monoisotopic (exact) mass is 297 g/mol. The molecule has 3 nitrogen and oxygen atoms in total. The van der Waals surface area contributed by atoms with Gasteiger partial charge in [0.05, 0.1) is 12.2 Å². The highest BCUT2D eigenvalue weighted by Gasteiger charge is 2.16. The summed E-state index contributed by atoms with van der Waals surface area (Å²) < 4.78 is 5.54. The van der Waals surface area contributed by atoms with E-state index in [4.69, 9.17) is 4.74 Å². The van der Waals surface area contributed by atoms with Gasteiger partial charge >= 0.3 is 0 Å². The van der Waals surface area contributed by atoms with Crippen LogP contribution in [-0.4, -0.2) is 24.5 Å². The van der Waals surface area contributed by atoms with E-state index >= 15 is 0 Å². The first-order valence-corrected chi connectivity index (χ1v) is 7.70. The van der Waals surface area contributed by atoms with Crippen molar-refractivity contribution in [1.29, 1.82) is 0 Å². The van der Waals surface area contributed by atoms with E-state index in [-0.39, 0.29) is 5.91 Å². The molecule has 2 aromatic carbocycles. The van der Waals surface area contributed by atoms with Crippen molar-refractivity contribution in [3.8, 4) is 5.75 Å². The Morgan fingerprint density at radius 1 is 1.00 bits per heavy atom. The fourth-order valence-corrected chi connectivity index (χ4v) is 2.36. The first-order chi connectivity index (χ1) is 10.7. The van der Waals surface area contributed by atoms with Crippen LogP contribution >= 0.6 is 0 Å². The Balaban J connectivity index is 2.11. The molecule has 1 amide bonds. The molecule has 22 heavy (non-hydrogen) atoms. The van der Waals surface area contributed by atoms with Gasteiger partial charge in [0.25, 0.3) is 5.91 Å². The van der Waals surface area contributed by atoms with Gasteiger partial charge in [-0.15, -0.1) is 0 Å². The van der Waals surface area contributed by atoms with Gasteiger partial charge < -0.3 is 9.64 Å². The molecule has 0 aromatic heterocycles. The second-order valence-electron chi connectivity index (χ2n) is 5.26. The number of carbonyl (C=O) groups is 1. The lowest BCUT2D eigenvalue weighted by Gasteiger charge is -2.19. The maximum atomic E-state index is 12.6. The fourth-order valence-electron chi connectivity index (χ4n) is 2.36. The summed E-state index contributed by atoms with van der Waals surface area (Å²) in [7, 11) is 1.82. The number of rotatable bonds is 6. The quantitative estimate of drug-likeness (QED) is 0.809. The van der Waals surface area contributed by atoms with Crippen molar-refractivity contribution in [2.24, 2.45) is 0 Å². The van der Waals surface area contributed by atoms with E-state index in [1.807, 2.05) is 38.2 Å². The van der Waals surface area contributed by atoms with Gasteiger partial charge in [-0.2, -0.15) is 0 Å². The lowest BCUT2D eigenvalue weighted by Crippen LogP contribution is -2.26. The Bertz CT molecular complexity index is 620. The molecule has 0 aliphatic heterocycles. The molecule has 0 unspecified atom stereocenters. The van der Waals surface area contributed by atoms with Crippen molar-refractivity contribution >= 4 is 5.91 Å². The van der Waals surface area contributed by atoms with Gasteiger partial charge in [-0.1, -0.05) is 43.3 Å². The van der Waals surface area contributed by atoms with Gasteiger partial charge in [-0.05, 0) is 36.6 Å². The third-order valence-corrected chi connectivity index (χ3v) is 3.61. The number of aryl methyl sites for hydroxylation is 1. The molecule has 0 aliphatic carbocycles. The van der Waals surface area contributed by atoms with Gasteiger partial charge in [-0.3, -0.25) is 4.79 Å².